The van der Waals surface area contributed by atoms with Gasteiger partial charge in [-0.1, -0.05) is 0 Å². The van der Waals surface area contributed by atoms with Gasteiger partial charge in [-0.25, -0.2) is 9.78 Å². The number of ether oxygens (including phenoxy) is 2. The molecule has 2 atom stereocenters. The molecule has 0 radical (unpaired) electrons. The fourth-order valence-corrected chi connectivity index (χ4v) is 4.87. The van der Waals surface area contributed by atoms with Crippen LogP contribution in [0.3, 0.4) is 0 Å². The van der Waals surface area contributed by atoms with Gasteiger partial charge in [-0.15, -0.1) is 11.3 Å². The van der Waals surface area contributed by atoms with Crippen LogP contribution in [0.25, 0.3) is 10.2 Å². The van der Waals surface area contributed by atoms with E-state index in [1.54, 1.807) is 52.9 Å². The van der Waals surface area contributed by atoms with Crippen LogP contribution in [0.4, 0.5) is 5.69 Å². The fraction of sp³-hybridized carbons (Fsp3) is 0.348. The van der Waals surface area contributed by atoms with Crippen molar-refractivity contribution in [3.05, 3.63) is 50.9 Å². The zero-order valence-corrected chi connectivity index (χ0v) is 19.7. The molecule has 172 valence electrons. The Morgan fingerprint density at radius 2 is 2.03 bits per heavy atom. The van der Waals surface area contributed by atoms with E-state index in [1.807, 2.05) is 0 Å². The number of esters is 1. The Hall–Kier alpha value is -3.53. The van der Waals surface area contributed by atoms with Crippen LogP contribution in [0.5, 0.6) is 5.75 Å². The molecule has 0 N–H and O–H groups in total. The lowest BCUT2D eigenvalue weighted by atomic mass is 10.0. The molecule has 0 aliphatic carbocycles. The molecule has 0 fully saturated rings. The molecule has 1 aliphatic heterocycles. The Kier molecular flexibility index (Phi) is 5.79. The lowest BCUT2D eigenvalue weighted by Crippen LogP contribution is -2.42. The second-order valence-electron chi connectivity index (χ2n) is 7.79. The van der Waals surface area contributed by atoms with Crippen LogP contribution in [-0.4, -0.2) is 47.0 Å². The Bertz CT molecular complexity index is 1360. The predicted octanol–water partition coefficient (Wildman–Crippen LogP) is 3.13. The molecule has 1 amide bonds. The van der Waals surface area contributed by atoms with E-state index in [9.17, 15) is 19.2 Å². The van der Waals surface area contributed by atoms with E-state index in [0.29, 0.717) is 37.7 Å². The number of likely N-dealkylation sites (N-methyl/N-ethyl adjacent to an activating group) is 1. The van der Waals surface area contributed by atoms with Crippen LogP contribution in [0.15, 0.2) is 29.3 Å². The van der Waals surface area contributed by atoms with Crippen LogP contribution < -0.4 is 15.2 Å². The molecule has 2 unspecified atom stereocenters. The lowest BCUT2D eigenvalue weighted by molar-refractivity contribution is -0.125. The maximum atomic E-state index is 13.3. The van der Waals surface area contributed by atoms with Crippen LogP contribution in [0.2, 0.25) is 0 Å². The number of amides is 1. The van der Waals surface area contributed by atoms with Crippen molar-refractivity contribution in [3.63, 3.8) is 0 Å². The Morgan fingerprint density at radius 1 is 1.30 bits per heavy atom. The van der Waals surface area contributed by atoms with E-state index >= 15 is 0 Å². The molecule has 10 heteroatoms. The third kappa shape index (κ3) is 3.70. The number of aryl methyl sites for hydroxylation is 1. The van der Waals surface area contributed by atoms with E-state index in [0.717, 1.165) is 11.3 Å². The van der Waals surface area contributed by atoms with Gasteiger partial charge in [0.1, 0.15) is 15.5 Å². The highest BCUT2D eigenvalue weighted by Gasteiger charge is 2.30. The molecule has 1 aromatic carbocycles. The van der Waals surface area contributed by atoms with Gasteiger partial charge in [0.2, 0.25) is 0 Å². The number of carbonyl (C=O) groups is 3. The molecule has 0 spiro atoms. The number of anilines is 1. The number of nitrogens with zero attached hydrogens (tertiary/aromatic N) is 3. The third-order valence-electron chi connectivity index (χ3n) is 5.72. The number of carbonyl (C=O) groups excluding carboxylic acids is 3. The summed E-state index contributed by atoms with van der Waals surface area (Å²) in [7, 11) is 1.63. The Labute approximate surface area is 193 Å². The Balaban J connectivity index is 1.71. The minimum absolute atomic E-state index is 0.212. The number of benzene rings is 1. The van der Waals surface area contributed by atoms with Gasteiger partial charge in [0.05, 0.1) is 30.0 Å². The van der Waals surface area contributed by atoms with E-state index in [2.05, 4.69) is 4.98 Å². The summed E-state index contributed by atoms with van der Waals surface area (Å²) in [5.41, 5.74) is 0.901. The standard InChI is InChI=1S/C23H23N3O6S/c1-6-31-23(30)19-11(2)17-20(33-19)24-10-26(22(17)29)12(3)18(27)14-7-8-16-15(9-14)25(5)21(28)13(4)32-16/h7-10,12-13H,6H2,1-5H3. The highest BCUT2D eigenvalue weighted by Crippen LogP contribution is 2.35. The number of hydrogen-bond donors (Lipinski definition) is 0. The second-order valence-corrected chi connectivity index (χ2v) is 8.79. The normalized spacial score (nSPS) is 16.3. The SMILES string of the molecule is CCOC(=O)c1sc2ncn(C(C)C(=O)c3ccc4c(c3)N(C)C(=O)C(C)O4)c(=O)c2c1C. The minimum atomic E-state index is -0.859. The van der Waals surface area contributed by atoms with E-state index in [-0.39, 0.29) is 18.3 Å². The molecule has 3 heterocycles. The first-order valence-corrected chi connectivity index (χ1v) is 11.3. The summed E-state index contributed by atoms with van der Waals surface area (Å²) < 4.78 is 11.9. The first-order chi connectivity index (χ1) is 15.6. The van der Waals surface area contributed by atoms with Crippen molar-refractivity contribution in [3.8, 4) is 5.75 Å². The van der Waals surface area contributed by atoms with E-state index in [1.165, 1.54) is 15.8 Å². The van der Waals surface area contributed by atoms with Crippen LogP contribution in [0, 0.1) is 6.92 Å². The maximum absolute atomic E-state index is 13.3. The molecule has 1 aliphatic rings. The van der Waals surface area contributed by atoms with Gasteiger partial charge in [0, 0.05) is 12.6 Å². The highest BCUT2D eigenvalue weighted by atomic mass is 32.1. The summed E-state index contributed by atoms with van der Waals surface area (Å²) in [6.07, 6.45) is 0.712. The minimum Gasteiger partial charge on any atom is -0.479 e. The molecular formula is C23H23N3O6S. The summed E-state index contributed by atoms with van der Waals surface area (Å²) in [4.78, 5) is 57.4. The smallest absolute Gasteiger partial charge is 0.348 e. The van der Waals surface area contributed by atoms with Crippen molar-refractivity contribution in [1.82, 2.24) is 9.55 Å². The zero-order valence-electron chi connectivity index (χ0n) is 18.9. The quantitative estimate of drug-likeness (QED) is 0.417. The number of Topliss-reactive ketones (excluding diaryl/α,β-unsaturated/α-hetero) is 1. The molecule has 33 heavy (non-hydrogen) atoms. The molecule has 0 bridgehead atoms. The van der Waals surface area contributed by atoms with E-state index in [4.69, 9.17) is 9.47 Å². The van der Waals surface area contributed by atoms with Gasteiger partial charge >= 0.3 is 5.97 Å². The first-order valence-electron chi connectivity index (χ1n) is 10.5. The number of hydrogen-bond acceptors (Lipinski definition) is 8. The summed E-state index contributed by atoms with van der Waals surface area (Å²) >= 11 is 1.09. The fourth-order valence-electron chi connectivity index (χ4n) is 3.84. The second kappa shape index (κ2) is 8.43. The van der Waals surface area contributed by atoms with Crippen molar-refractivity contribution < 1.29 is 23.9 Å². The Morgan fingerprint density at radius 3 is 2.73 bits per heavy atom. The van der Waals surface area contributed by atoms with Crippen molar-refractivity contribution in [2.24, 2.45) is 0 Å². The zero-order chi connectivity index (χ0) is 24.0. The average Bonchev–Trinajstić information content (AvgIpc) is 3.14. The molecule has 2 aromatic heterocycles. The van der Waals surface area contributed by atoms with Gasteiger partial charge in [0.15, 0.2) is 11.9 Å². The van der Waals surface area contributed by atoms with Gasteiger partial charge in [-0.2, -0.15) is 0 Å². The molecule has 0 saturated carbocycles. The number of thiophene rings is 1. The van der Waals surface area contributed by atoms with Crippen molar-refractivity contribution in [2.45, 2.75) is 39.8 Å². The van der Waals surface area contributed by atoms with Gasteiger partial charge in [0.25, 0.3) is 11.5 Å². The first kappa shape index (κ1) is 22.7. The average molecular weight is 470 g/mol. The molecule has 0 saturated heterocycles. The summed E-state index contributed by atoms with van der Waals surface area (Å²) in [5, 5.41) is 0.295. The van der Waals surface area contributed by atoms with Gasteiger partial charge in [-0.05, 0) is 51.5 Å². The van der Waals surface area contributed by atoms with Crippen LogP contribution in [-0.2, 0) is 9.53 Å². The number of ketones is 1. The maximum Gasteiger partial charge on any atom is 0.348 e. The third-order valence-corrected chi connectivity index (χ3v) is 6.90. The molecule has 4 rings (SSSR count). The summed E-state index contributed by atoms with van der Waals surface area (Å²) in [6.45, 7) is 6.88. The van der Waals surface area contributed by atoms with Crippen molar-refractivity contribution in [1.29, 1.82) is 0 Å². The van der Waals surface area contributed by atoms with Crippen LogP contribution in [0.1, 0.15) is 52.4 Å². The van der Waals surface area contributed by atoms with Gasteiger partial charge < -0.3 is 14.4 Å². The molecule has 9 nitrogen and oxygen atoms in total. The summed E-state index contributed by atoms with van der Waals surface area (Å²) in [6, 6.07) is 3.99. The monoisotopic (exact) mass is 469 g/mol. The van der Waals surface area contributed by atoms with Gasteiger partial charge in [-0.3, -0.25) is 19.0 Å². The summed E-state index contributed by atoms with van der Waals surface area (Å²) in [5.74, 6) is -0.526. The number of aromatic nitrogens is 2. The number of fused-ring (bicyclic) bond motifs is 2. The van der Waals surface area contributed by atoms with Crippen molar-refractivity contribution in [2.75, 3.05) is 18.6 Å². The molecular weight excluding hydrogens is 446 g/mol. The predicted molar refractivity (Wildman–Crippen MR) is 124 cm³/mol. The lowest BCUT2D eigenvalue weighted by Gasteiger charge is -2.30. The largest absolute Gasteiger partial charge is 0.479 e. The highest BCUT2D eigenvalue weighted by molar-refractivity contribution is 7.20. The van der Waals surface area contributed by atoms with Crippen molar-refractivity contribution >= 4 is 44.9 Å². The van der Waals surface area contributed by atoms with Crippen LogP contribution >= 0.6 is 11.3 Å². The topological polar surface area (TPSA) is 108 Å². The van der Waals surface area contributed by atoms with E-state index < -0.39 is 23.7 Å². The molecule has 3 aromatic rings. The number of rotatable bonds is 5.